The number of unbranched alkanes of at least 4 members (excludes halogenated alkanes) is 2. The van der Waals surface area contributed by atoms with Gasteiger partial charge in [-0.1, -0.05) is 69.8 Å². The standard InChI is InChI=1S/C18H27ClN2/c1-4-5-8-11-18(2,3)13-20-12-16-17(19)14-9-6-7-10-15(14)21-16/h6-7,9-10,20-21H,4-5,8,11-13H2,1-3H3. The minimum Gasteiger partial charge on any atom is -0.356 e. The predicted octanol–water partition coefficient (Wildman–Crippen LogP) is 5.52. The minimum atomic E-state index is 0.341. The van der Waals surface area contributed by atoms with Crippen molar-refractivity contribution < 1.29 is 0 Å². The summed E-state index contributed by atoms with van der Waals surface area (Å²) >= 11 is 6.44. The molecule has 116 valence electrons. The highest BCUT2D eigenvalue weighted by Crippen LogP contribution is 2.27. The molecular weight excluding hydrogens is 280 g/mol. The molecule has 0 saturated carbocycles. The van der Waals surface area contributed by atoms with Crippen LogP contribution in [0.4, 0.5) is 0 Å². The number of aromatic amines is 1. The molecule has 2 N–H and O–H groups in total. The van der Waals surface area contributed by atoms with Gasteiger partial charge in [-0.3, -0.25) is 0 Å². The lowest BCUT2D eigenvalue weighted by molar-refractivity contribution is 0.301. The molecule has 0 aliphatic rings. The lowest BCUT2D eigenvalue weighted by Gasteiger charge is -2.25. The molecular formula is C18H27ClN2. The highest BCUT2D eigenvalue weighted by molar-refractivity contribution is 6.36. The SMILES string of the molecule is CCCCCC(C)(C)CNCc1[nH]c2ccccc2c1Cl. The van der Waals surface area contributed by atoms with Crippen molar-refractivity contribution in [2.45, 2.75) is 53.0 Å². The van der Waals surface area contributed by atoms with Crippen LogP contribution in [-0.4, -0.2) is 11.5 Å². The molecule has 2 aromatic rings. The van der Waals surface area contributed by atoms with Gasteiger partial charge in [0.2, 0.25) is 0 Å². The van der Waals surface area contributed by atoms with Crippen molar-refractivity contribution in [1.29, 1.82) is 0 Å². The summed E-state index contributed by atoms with van der Waals surface area (Å²) in [6.45, 7) is 8.74. The Kier molecular flexibility index (Phi) is 5.72. The van der Waals surface area contributed by atoms with E-state index < -0.39 is 0 Å². The number of hydrogen-bond acceptors (Lipinski definition) is 1. The van der Waals surface area contributed by atoms with Gasteiger partial charge in [-0.25, -0.2) is 0 Å². The number of para-hydroxylation sites is 1. The Morgan fingerprint density at radius 2 is 1.95 bits per heavy atom. The Hall–Kier alpha value is -0.990. The third-order valence-electron chi connectivity index (χ3n) is 4.08. The van der Waals surface area contributed by atoms with Gasteiger partial charge in [-0.15, -0.1) is 0 Å². The summed E-state index contributed by atoms with van der Waals surface area (Å²) in [6, 6.07) is 8.19. The van der Waals surface area contributed by atoms with Crippen molar-refractivity contribution in [1.82, 2.24) is 10.3 Å². The molecule has 2 nitrogen and oxygen atoms in total. The van der Waals surface area contributed by atoms with Gasteiger partial charge in [-0.05, 0) is 17.9 Å². The van der Waals surface area contributed by atoms with Gasteiger partial charge in [0.25, 0.3) is 0 Å². The molecule has 0 saturated heterocycles. The van der Waals surface area contributed by atoms with E-state index in [9.17, 15) is 0 Å². The smallest absolute Gasteiger partial charge is 0.0705 e. The number of H-pyrrole nitrogens is 1. The normalized spacial score (nSPS) is 12.2. The van der Waals surface area contributed by atoms with Crippen LogP contribution in [0.25, 0.3) is 10.9 Å². The molecule has 0 aliphatic heterocycles. The molecule has 0 aliphatic carbocycles. The third-order valence-corrected chi connectivity index (χ3v) is 4.51. The van der Waals surface area contributed by atoms with Crippen LogP contribution >= 0.6 is 11.6 Å². The van der Waals surface area contributed by atoms with Gasteiger partial charge in [-0.2, -0.15) is 0 Å². The average molecular weight is 307 g/mol. The second-order valence-electron chi connectivity index (χ2n) is 6.69. The van der Waals surface area contributed by atoms with Crippen molar-refractivity contribution in [3.8, 4) is 0 Å². The Morgan fingerprint density at radius 1 is 1.19 bits per heavy atom. The van der Waals surface area contributed by atoms with Gasteiger partial charge in [0.1, 0.15) is 0 Å². The zero-order chi connectivity index (χ0) is 15.3. The van der Waals surface area contributed by atoms with Gasteiger partial charge in [0, 0.05) is 29.7 Å². The number of rotatable bonds is 8. The number of nitrogens with one attached hydrogen (secondary N) is 2. The first-order valence-electron chi connectivity index (χ1n) is 7.99. The molecule has 1 aromatic heterocycles. The van der Waals surface area contributed by atoms with Crippen LogP contribution in [0.3, 0.4) is 0 Å². The first kappa shape index (κ1) is 16.4. The third kappa shape index (κ3) is 4.49. The summed E-state index contributed by atoms with van der Waals surface area (Å²) in [4.78, 5) is 3.41. The lowest BCUT2D eigenvalue weighted by atomic mass is 9.87. The first-order valence-corrected chi connectivity index (χ1v) is 8.37. The zero-order valence-electron chi connectivity index (χ0n) is 13.4. The van der Waals surface area contributed by atoms with Crippen molar-refractivity contribution >= 4 is 22.5 Å². The van der Waals surface area contributed by atoms with E-state index >= 15 is 0 Å². The van der Waals surface area contributed by atoms with E-state index in [0.717, 1.165) is 34.7 Å². The van der Waals surface area contributed by atoms with Crippen LogP contribution in [0.15, 0.2) is 24.3 Å². The van der Waals surface area contributed by atoms with Gasteiger partial charge in [0.05, 0.1) is 5.02 Å². The Labute approximate surface area is 133 Å². The second-order valence-corrected chi connectivity index (χ2v) is 7.07. The van der Waals surface area contributed by atoms with Gasteiger partial charge < -0.3 is 10.3 Å². The molecule has 0 fully saturated rings. The predicted molar refractivity (Wildman–Crippen MR) is 92.9 cm³/mol. The van der Waals surface area contributed by atoms with E-state index in [1.54, 1.807) is 0 Å². The maximum absolute atomic E-state index is 6.44. The maximum atomic E-state index is 6.44. The highest BCUT2D eigenvalue weighted by Gasteiger charge is 2.17. The van der Waals surface area contributed by atoms with Gasteiger partial charge >= 0.3 is 0 Å². The zero-order valence-corrected chi connectivity index (χ0v) is 14.2. The maximum Gasteiger partial charge on any atom is 0.0705 e. The summed E-state index contributed by atoms with van der Waals surface area (Å²) in [7, 11) is 0. The van der Waals surface area contributed by atoms with Crippen LogP contribution in [0.2, 0.25) is 5.02 Å². The van der Waals surface area contributed by atoms with Crippen molar-refractivity contribution in [3.05, 3.63) is 35.0 Å². The van der Waals surface area contributed by atoms with Crippen LogP contribution in [0.1, 0.15) is 52.1 Å². The number of halogens is 1. The fourth-order valence-electron chi connectivity index (χ4n) is 2.75. The molecule has 0 bridgehead atoms. The molecule has 21 heavy (non-hydrogen) atoms. The summed E-state index contributed by atoms with van der Waals surface area (Å²) in [5.41, 5.74) is 2.54. The summed E-state index contributed by atoms with van der Waals surface area (Å²) < 4.78 is 0. The monoisotopic (exact) mass is 306 g/mol. The van der Waals surface area contributed by atoms with Gasteiger partial charge in [0.15, 0.2) is 0 Å². The van der Waals surface area contributed by atoms with Crippen LogP contribution in [-0.2, 0) is 6.54 Å². The summed E-state index contributed by atoms with van der Waals surface area (Å²) in [5, 5.41) is 5.51. The molecule has 0 atom stereocenters. The highest BCUT2D eigenvalue weighted by atomic mass is 35.5. The van der Waals surface area contributed by atoms with Crippen molar-refractivity contribution in [2.75, 3.05) is 6.54 Å². The minimum absolute atomic E-state index is 0.341. The van der Waals surface area contributed by atoms with Crippen molar-refractivity contribution in [2.24, 2.45) is 5.41 Å². The first-order chi connectivity index (χ1) is 10.0. The molecule has 0 unspecified atom stereocenters. The largest absolute Gasteiger partial charge is 0.356 e. The van der Waals surface area contributed by atoms with E-state index in [-0.39, 0.29) is 0 Å². The topological polar surface area (TPSA) is 27.8 Å². The van der Waals surface area contributed by atoms with E-state index in [1.807, 2.05) is 12.1 Å². The fourth-order valence-corrected chi connectivity index (χ4v) is 3.03. The van der Waals surface area contributed by atoms with E-state index in [2.05, 4.69) is 43.2 Å². The van der Waals surface area contributed by atoms with Crippen molar-refractivity contribution in [3.63, 3.8) is 0 Å². The summed E-state index contributed by atoms with van der Waals surface area (Å²) in [5.74, 6) is 0. The molecule has 1 heterocycles. The van der Waals surface area contributed by atoms with Crippen LogP contribution < -0.4 is 5.32 Å². The molecule has 2 rings (SSSR count). The number of hydrogen-bond donors (Lipinski definition) is 2. The van der Waals surface area contributed by atoms with E-state index in [0.29, 0.717) is 5.41 Å². The number of fused-ring (bicyclic) bond motifs is 1. The number of benzene rings is 1. The Balaban J connectivity index is 1.88. The fraction of sp³-hybridized carbons (Fsp3) is 0.556. The van der Waals surface area contributed by atoms with Crippen LogP contribution in [0, 0.1) is 5.41 Å². The molecule has 1 aromatic carbocycles. The van der Waals surface area contributed by atoms with E-state index in [4.69, 9.17) is 11.6 Å². The quantitative estimate of drug-likeness (QED) is 0.618. The molecule has 0 radical (unpaired) electrons. The van der Waals surface area contributed by atoms with E-state index in [1.165, 1.54) is 25.7 Å². The van der Waals surface area contributed by atoms with Crippen LogP contribution in [0.5, 0.6) is 0 Å². The molecule has 0 spiro atoms. The second kappa shape index (κ2) is 7.33. The average Bonchev–Trinajstić information content (AvgIpc) is 2.76. The molecule has 0 amide bonds. The lowest BCUT2D eigenvalue weighted by Crippen LogP contribution is -2.29. The Bertz CT molecular complexity index is 572. The number of aromatic nitrogens is 1. The molecule has 3 heteroatoms. The summed E-state index contributed by atoms with van der Waals surface area (Å²) in [6.07, 6.45) is 5.21. The Morgan fingerprint density at radius 3 is 2.67 bits per heavy atom.